The molecule has 0 radical (unpaired) electrons. The van der Waals surface area contributed by atoms with E-state index in [1.807, 2.05) is 0 Å². The number of nitrogens with zero attached hydrogens (tertiary/aromatic N) is 1. The molecule has 0 aliphatic carbocycles. The Hall–Kier alpha value is -2.28. The number of nitrogens with two attached hydrogens (primary N) is 1. The second-order valence-corrected chi connectivity index (χ2v) is 4.28. The monoisotopic (exact) mass is 281 g/mol. The maximum atomic E-state index is 11.6. The maximum absolute atomic E-state index is 11.6. The smallest absolute Gasteiger partial charge is 0.337 e. The van der Waals surface area contributed by atoms with Crippen molar-refractivity contribution in [2.24, 2.45) is 0 Å². The van der Waals surface area contributed by atoms with Crippen molar-refractivity contribution in [2.45, 2.75) is 0 Å². The van der Waals surface area contributed by atoms with E-state index in [0.29, 0.717) is 18.8 Å². The zero-order chi connectivity index (χ0) is 15.1. The Morgan fingerprint density at radius 2 is 2.15 bits per heavy atom. The summed E-state index contributed by atoms with van der Waals surface area (Å²) in [6, 6.07) is 4.63. The lowest BCUT2D eigenvalue weighted by atomic mass is 10.1. The number of nitrogen functional groups attached to an aromatic ring is 1. The molecule has 0 aliphatic heterocycles. The van der Waals surface area contributed by atoms with Gasteiger partial charge in [-0.05, 0) is 18.2 Å². The van der Waals surface area contributed by atoms with Crippen LogP contribution >= 0.6 is 0 Å². The predicted molar refractivity (Wildman–Crippen MR) is 76.0 cm³/mol. The third kappa shape index (κ3) is 4.43. The summed E-state index contributed by atoms with van der Waals surface area (Å²) >= 11 is 0. The van der Waals surface area contributed by atoms with Crippen molar-refractivity contribution in [1.82, 2.24) is 5.32 Å². The molecule has 0 unspecified atom stereocenters. The molecular formula is C13H19N3O4. The lowest BCUT2D eigenvalue weighted by Gasteiger charge is -2.19. The van der Waals surface area contributed by atoms with E-state index in [1.54, 1.807) is 25.1 Å². The molecule has 1 aromatic rings. The molecule has 0 bridgehead atoms. The summed E-state index contributed by atoms with van der Waals surface area (Å²) in [5.41, 5.74) is 6.41. The third-order valence-electron chi connectivity index (χ3n) is 2.72. The van der Waals surface area contributed by atoms with Crippen LogP contribution in [0.3, 0.4) is 0 Å². The van der Waals surface area contributed by atoms with E-state index in [4.69, 9.17) is 15.6 Å². The Bertz CT molecular complexity index is 491. The zero-order valence-corrected chi connectivity index (χ0v) is 11.5. The van der Waals surface area contributed by atoms with Crippen molar-refractivity contribution in [1.29, 1.82) is 0 Å². The number of carboxylic acids is 1. The molecule has 20 heavy (non-hydrogen) atoms. The number of hydrogen-bond donors (Lipinski definition) is 3. The molecular weight excluding hydrogens is 262 g/mol. The number of anilines is 2. The van der Waals surface area contributed by atoms with Gasteiger partial charge in [-0.15, -0.1) is 0 Å². The largest absolute Gasteiger partial charge is 0.478 e. The number of benzene rings is 1. The first-order valence-corrected chi connectivity index (χ1v) is 6.05. The van der Waals surface area contributed by atoms with Crippen LogP contribution in [0.1, 0.15) is 10.4 Å². The van der Waals surface area contributed by atoms with Crippen molar-refractivity contribution in [3.63, 3.8) is 0 Å². The lowest BCUT2D eigenvalue weighted by molar-refractivity contribution is -0.119. The summed E-state index contributed by atoms with van der Waals surface area (Å²) in [7, 11) is 3.26. The SMILES string of the molecule is COCCNC(=O)CN(C)c1ccc(N)c(C(=O)O)c1. The van der Waals surface area contributed by atoms with Crippen LogP contribution in [0.15, 0.2) is 18.2 Å². The number of carbonyl (C=O) groups is 2. The quantitative estimate of drug-likeness (QED) is 0.486. The van der Waals surface area contributed by atoms with Gasteiger partial charge in [0.1, 0.15) is 0 Å². The molecule has 7 nitrogen and oxygen atoms in total. The van der Waals surface area contributed by atoms with Crippen molar-refractivity contribution in [3.05, 3.63) is 23.8 Å². The van der Waals surface area contributed by atoms with E-state index in [0.717, 1.165) is 0 Å². The first kappa shape index (κ1) is 15.8. The van der Waals surface area contributed by atoms with E-state index >= 15 is 0 Å². The zero-order valence-electron chi connectivity index (χ0n) is 11.5. The van der Waals surface area contributed by atoms with Crippen LogP contribution in [0.4, 0.5) is 11.4 Å². The summed E-state index contributed by atoms with van der Waals surface area (Å²) in [4.78, 5) is 24.3. The van der Waals surface area contributed by atoms with Gasteiger partial charge in [-0.1, -0.05) is 0 Å². The number of amides is 1. The number of rotatable bonds is 7. The fraction of sp³-hybridized carbons (Fsp3) is 0.385. The number of carbonyl (C=O) groups excluding carboxylic acids is 1. The molecule has 110 valence electrons. The van der Waals surface area contributed by atoms with E-state index < -0.39 is 5.97 Å². The lowest BCUT2D eigenvalue weighted by Crippen LogP contribution is -2.36. The highest BCUT2D eigenvalue weighted by Gasteiger charge is 2.12. The highest BCUT2D eigenvalue weighted by molar-refractivity contribution is 5.95. The van der Waals surface area contributed by atoms with Crippen molar-refractivity contribution >= 4 is 23.3 Å². The van der Waals surface area contributed by atoms with Crippen LogP contribution in [-0.2, 0) is 9.53 Å². The van der Waals surface area contributed by atoms with Gasteiger partial charge in [0, 0.05) is 32.1 Å². The van der Waals surface area contributed by atoms with Crippen molar-refractivity contribution in [3.8, 4) is 0 Å². The van der Waals surface area contributed by atoms with Gasteiger partial charge in [-0.25, -0.2) is 4.79 Å². The second kappa shape index (κ2) is 7.34. The molecule has 4 N–H and O–H groups in total. The Morgan fingerprint density at radius 3 is 2.75 bits per heavy atom. The highest BCUT2D eigenvalue weighted by atomic mass is 16.5. The van der Waals surface area contributed by atoms with Gasteiger partial charge in [-0.2, -0.15) is 0 Å². The molecule has 7 heteroatoms. The van der Waals surface area contributed by atoms with Gasteiger partial charge < -0.3 is 25.8 Å². The molecule has 0 aromatic heterocycles. The molecule has 0 aliphatic rings. The number of aromatic carboxylic acids is 1. The van der Waals surface area contributed by atoms with Crippen LogP contribution in [0, 0.1) is 0 Å². The normalized spacial score (nSPS) is 10.1. The summed E-state index contributed by atoms with van der Waals surface area (Å²) in [5.74, 6) is -1.26. The standard InChI is InChI=1S/C13H19N3O4/c1-16(8-12(17)15-5-6-20-2)9-3-4-11(14)10(7-9)13(18)19/h3-4,7H,5-6,8,14H2,1-2H3,(H,15,17)(H,18,19). The molecule has 0 saturated heterocycles. The van der Waals surface area contributed by atoms with Gasteiger partial charge in [0.2, 0.25) is 5.91 Å². The number of ether oxygens (including phenoxy) is 1. The molecule has 0 saturated carbocycles. The van der Waals surface area contributed by atoms with Crippen molar-refractivity contribution in [2.75, 3.05) is 44.5 Å². The molecule has 0 atom stereocenters. The minimum Gasteiger partial charge on any atom is -0.478 e. The maximum Gasteiger partial charge on any atom is 0.337 e. The molecule has 0 heterocycles. The van der Waals surface area contributed by atoms with E-state index in [-0.39, 0.29) is 23.7 Å². The fourth-order valence-corrected chi connectivity index (χ4v) is 1.62. The Morgan fingerprint density at radius 1 is 1.45 bits per heavy atom. The number of likely N-dealkylation sites (N-methyl/N-ethyl adjacent to an activating group) is 1. The third-order valence-corrected chi connectivity index (χ3v) is 2.72. The minimum absolute atomic E-state index is 0.0224. The molecule has 1 amide bonds. The van der Waals surface area contributed by atoms with Gasteiger partial charge in [0.25, 0.3) is 0 Å². The summed E-state index contributed by atoms with van der Waals surface area (Å²) in [6.07, 6.45) is 0. The van der Waals surface area contributed by atoms with Crippen LogP contribution in [-0.4, -0.2) is 50.8 Å². The molecule has 0 spiro atoms. The molecule has 0 fully saturated rings. The summed E-state index contributed by atoms with van der Waals surface area (Å²) in [5, 5.41) is 11.7. The molecule has 1 aromatic carbocycles. The van der Waals surface area contributed by atoms with E-state index in [1.165, 1.54) is 12.1 Å². The number of hydrogen-bond acceptors (Lipinski definition) is 5. The minimum atomic E-state index is -1.10. The van der Waals surface area contributed by atoms with Gasteiger partial charge >= 0.3 is 5.97 Å². The van der Waals surface area contributed by atoms with Crippen LogP contribution in [0.5, 0.6) is 0 Å². The fourth-order valence-electron chi connectivity index (χ4n) is 1.62. The number of carboxylic acid groups (broad SMARTS) is 1. The van der Waals surface area contributed by atoms with E-state index in [9.17, 15) is 9.59 Å². The Labute approximate surface area is 117 Å². The van der Waals surface area contributed by atoms with Crippen LogP contribution in [0.2, 0.25) is 0 Å². The van der Waals surface area contributed by atoms with Crippen molar-refractivity contribution < 1.29 is 19.4 Å². The molecule has 1 rings (SSSR count). The first-order chi connectivity index (χ1) is 9.45. The van der Waals surface area contributed by atoms with Crippen LogP contribution < -0.4 is 16.0 Å². The predicted octanol–water partition coefficient (Wildman–Crippen LogP) is 0.166. The van der Waals surface area contributed by atoms with Gasteiger partial charge in [-0.3, -0.25) is 4.79 Å². The van der Waals surface area contributed by atoms with Crippen LogP contribution in [0.25, 0.3) is 0 Å². The first-order valence-electron chi connectivity index (χ1n) is 6.05. The topological polar surface area (TPSA) is 105 Å². The van der Waals surface area contributed by atoms with Gasteiger partial charge in [0.15, 0.2) is 0 Å². The number of methoxy groups -OCH3 is 1. The Balaban J connectivity index is 2.68. The number of nitrogens with one attached hydrogen (secondary N) is 1. The summed E-state index contributed by atoms with van der Waals surface area (Å²) < 4.78 is 4.83. The summed E-state index contributed by atoms with van der Waals surface area (Å²) in [6.45, 7) is 0.998. The van der Waals surface area contributed by atoms with Gasteiger partial charge in [0.05, 0.1) is 18.7 Å². The Kier molecular flexibility index (Phi) is 5.79. The highest BCUT2D eigenvalue weighted by Crippen LogP contribution is 2.20. The average molecular weight is 281 g/mol. The van der Waals surface area contributed by atoms with E-state index in [2.05, 4.69) is 5.32 Å². The second-order valence-electron chi connectivity index (χ2n) is 4.28. The average Bonchev–Trinajstić information content (AvgIpc) is 2.39.